The standard InChI is InChI=1S/C29H48N2/c1-8-12-14-15-21-28(6,20-13-9-2)24-16-17-26-25(22-24)23(5)30-27(31-26)29(7,18-10-3)19-11-4/h16-17,22H,8-15,18-21H2,1-7H3. The molecule has 1 aromatic carbocycles. The van der Waals surface area contributed by atoms with Crippen molar-refractivity contribution in [1.82, 2.24) is 9.97 Å². The monoisotopic (exact) mass is 424 g/mol. The Morgan fingerprint density at radius 3 is 1.94 bits per heavy atom. The van der Waals surface area contributed by atoms with Crippen LogP contribution in [0, 0.1) is 6.92 Å². The molecule has 2 nitrogen and oxygen atoms in total. The van der Waals surface area contributed by atoms with Gasteiger partial charge in [0.05, 0.1) is 5.52 Å². The average molecular weight is 425 g/mol. The number of hydrogen-bond acceptors (Lipinski definition) is 2. The summed E-state index contributed by atoms with van der Waals surface area (Å²) in [6.07, 6.45) is 15.1. The summed E-state index contributed by atoms with van der Waals surface area (Å²) in [5.74, 6) is 1.04. The lowest BCUT2D eigenvalue weighted by atomic mass is 9.74. The van der Waals surface area contributed by atoms with E-state index in [1.54, 1.807) is 0 Å². The molecule has 1 aromatic heterocycles. The molecule has 2 rings (SSSR count). The highest BCUT2D eigenvalue weighted by Gasteiger charge is 2.30. The summed E-state index contributed by atoms with van der Waals surface area (Å²) in [5, 5.41) is 1.24. The molecule has 0 aliphatic heterocycles. The minimum Gasteiger partial charge on any atom is -0.237 e. The van der Waals surface area contributed by atoms with Crippen molar-refractivity contribution >= 4 is 10.9 Å². The topological polar surface area (TPSA) is 25.8 Å². The maximum Gasteiger partial charge on any atom is 0.135 e. The lowest BCUT2D eigenvalue weighted by Crippen LogP contribution is -2.25. The first-order chi connectivity index (χ1) is 14.8. The molecule has 1 heterocycles. The summed E-state index contributed by atoms with van der Waals surface area (Å²) in [5.41, 5.74) is 4.07. The summed E-state index contributed by atoms with van der Waals surface area (Å²) < 4.78 is 0. The lowest BCUT2D eigenvalue weighted by Gasteiger charge is -2.31. The van der Waals surface area contributed by atoms with E-state index in [-0.39, 0.29) is 10.8 Å². The third-order valence-corrected chi connectivity index (χ3v) is 7.39. The maximum atomic E-state index is 5.11. The summed E-state index contributed by atoms with van der Waals surface area (Å²) >= 11 is 0. The van der Waals surface area contributed by atoms with E-state index < -0.39 is 0 Å². The van der Waals surface area contributed by atoms with Gasteiger partial charge in [-0.1, -0.05) is 99.0 Å². The molecule has 2 aromatic rings. The van der Waals surface area contributed by atoms with Crippen molar-refractivity contribution in [2.45, 2.75) is 136 Å². The molecule has 0 N–H and O–H groups in total. The van der Waals surface area contributed by atoms with E-state index in [4.69, 9.17) is 9.97 Å². The SMILES string of the molecule is CCCCCCC(C)(CCCC)c1ccc2nc(C(C)(CCC)CCC)nc(C)c2c1. The van der Waals surface area contributed by atoms with E-state index in [2.05, 4.69) is 66.7 Å². The fourth-order valence-corrected chi connectivity index (χ4v) is 5.30. The number of nitrogens with zero attached hydrogens (tertiary/aromatic N) is 2. The van der Waals surface area contributed by atoms with E-state index in [1.807, 2.05) is 0 Å². The Hall–Kier alpha value is -1.44. The van der Waals surface area contributed by atoms with Crippen molar-refractivity contribution in [3.05, 3.63) is 35.3 Å². The van der Waals surface area contributed by atoms with Gasteiger partial charge in [0.1, 0.15) is 5.82 Å². The molecule has 0 bridgehead atoms. The fraction of sp³-hybridized carbons (Fsp3) is 0.724. The highest BCUT2D eigenvalue weighted by Crippen LogP contribution is 2.38. The minimum absolute atomic E-state index is 0.0794. The highest BCUT2D eigenvalue weighted by molar-refractivity contribution is 5.82. The van der Waals surface area contributed by atoms with Gasteiger partial charge < -0.3 is 0 Å². The summed E-state index contributed by atoms with van der Waals surface area (Å²) in [6.45, 7) is 16.2. The van der Waals surface area contributed by atoms with Crippen LogP contribution in [0.15, 0.2) is 18.2 Å². The molecule has 1 atom stereocenters. The molecule has 0 fully saturated rings. The second-order valence-electron chi connectivity index (χ2n) is 10.4. The Balaban J connectivity index is 2.42. The van der Waals surface area contributed by atoms with Crippen LogP contribution in [-0.2, 0) is 10.8 Å². The van der Waals surface area contributed by atoms with Crippen LogP contribution in [0.3, 0.4) is 0 Å². The number of aryl methyl sites for hydroxylation is 1. The lowest BCUT2D eigenvalue weighted by molar-refractivity contribution is 0.368. The van der Waals surface area contributed by atoms with Crippen molar-refractivity contribution in [3.63, 3.8) is 0 Å². The maximum absolute atomic E-state index is 5.11. The van der Waals surface area contributed by atoms with E-state index in [0.717, 1.165) is 29.9 Å². The zero-order valence-electron chi connectivity index (χ0n) is 21.6. The summed E-state index contributed by atoms with van der Waals surface area (Å²) in [4.78, 5) is 10.2. The third kappa shape index (κ3) is 6.53. The predicted octanol–water partition coefficient (Wildman–Crippen LogP) is 9.21. The van der Waals surface area contributed by atoms with Crippen LogP contribution in [-0.4, -0.2) is 9.97 Å². The predicted molar refractivity (Wildman–Crippen MR) is 137 cm³/mol. The van der Waals surface area contributed by atoms with Gasteiger partial charge in [0.25, 0.3) is 0 Å². The van der Waals surface area contributed by atoms with Crippen molar-refractivity contribution in [3.8, 4) is 0 Å². The van der Waals surface area contributed by atoms with Crippen LogP contribution in [0.2, 0.25) is 0 Å². The Bertz CT molecular complexity index is 804. The van der Waals surface area contributed by atoms with Gasteiger partial charge in [-0.2, -0.15) is 0 Å². The van der Waals surface area contributed by atoms with E-state index in [1.165, 1.54) is 75.2 Å². The molecule has 2 heteroatoms. The number of hydrogen-bond donors (Lipinski definition) is 0. The first kappa shape index (κ1) is 25.8. The smallest absolute Gasteiger partial charge is 0.135 e. The zero-order valence-corrected chi connectivity index (χ0v) is 21.6. The quantitative estimate of drug-likeness (QED) is 0.282. The van der Waals surface area contributed by atoms with Gasteiger partial charge in [-0.05, 0) is 55.7 Å². The normalized spacial score (nSPS) is 14.2. The molecule has 0 spiro atoms. The van der Waals surface area contributed by atoms with Gasteiger partial charge >= 0.3 is 0 Å². The van der Waals surface area contributed by atoms with E-state index in [0.29, 0.717) is 0 Å². The van der Waals surface area contributed by atoms with Gasteiger partial charge in [0.15, 0.2) is 0 Å². The van der Waals surface area contributed by atoms with Gasteiger partial charge in [-0.25, -0.2) is 9.97 Å². The Labute approximate surface area is 192 Å². The van der Waals surface area contributed by atoms with E-state index in [9.17, 15) is 0 Å². The summed E-state index contributed by atoms with van der Waals surface area (Å²) in [7, 11) is 0. The number of benzene rings is 1. The number of aromatic nitrogens is 2. The molecule has 174 valence electrons. The number of rotatable bonds is 14. The Kier molecular flexibility index (Phi) is 9.97. The molecular formula is C29H48N2. The zero-order chi connectivity index (χ0) is 22.9. The molecule has 0 saturated heterocycles. The second-order valence-corrected chi connectivity index (χ2v) is 10.4. The van der Waals surface area contributed by atoms with Gasteiger partial charge in [-0.3, -0.25) is 0 Å². The molecule has 0 saturated carbocycles. The van der Waals surface area contributed by atoms with Crippen LogP contribution in [0.5, 0.6) is 0 Å². The third-order valence-electron chi connectivity index (χ3n) is 7.39. The van der Waals surface area contributed by atoms with Crippen molar-refractivity contribution < 1.29 is 0 Å². The highest BCUT2D eigenvalue weighted by atomic mass is 14.9. The van der Waals surface area contributed by atoms with Crippen LogP contribution >= 0.6 is 0 Å². The van der Waals surface area contributed by atoms with Crippen molar-refractivity contribution in [1.29, 1.82) is 0 Å². The Morgan fingerprint density at radius 2 is 1.32 bits per heavy atom. The van der Waals surface area contributed by atoms with E-state index >= 15 is 0 Å². The fourth-order valence-electron chi connectivity index (χ4n) is 5.30. The number of fused-ring (bicyclic) bond motifs is 1. The molecule has 0 aliphatic rings. The summed E-state index contributed by atoms with van der Waals surface area (Å²) in [6, 6.07) is 7.06. The molecule has 0 radical (unpaired) electrons. The first-order valence-corrected chi connectivity index (χ1v) is 13.1. The van der Waals surface area contributed by atoms with Crippen LogP contribution in [0.25, 0.3) is 10.9 Å². The molecular weight excluding hydrogens is 376 g/mol. The number of unbranched alkanes of at least 4 members (excludes halogenated alkanes) is 4. The van der Waals surface area contributed by atoms with Crippen LogP contribution in [0.1, 0.15) is 136 Å². The minimum atomic E-state index is 0.0794. The molecule has 1 unspecified atom stereocenters. The van der Waals surface area contributed by atoms with Crippen LogP contribution < -0.4 is 0 Å². The van der Waals surface area contributed by atoms with Crippen molar-refractivity contribution in [2.24, 2.45) is 0 Å². The largest absolute Gasteiger partial charge is 0.237 e. The second kappa shape index (κ2) is 12.0. The van der Waals surface area contributed by atoms with Crippen LogP contribution in [0.4, 0.5) is 0 Å². The Morgan fingerprint density at radius 1 is 0.677 bits per heavy atom. The van der Waals surface area contributed by atoms with Crippen molar-refractivity contribution in [2.75, 3.05) is 0 Å². The molecule has 0 aliphatic carbocycles. The van der Waals surface area contributed by atoms with Gasteiger partial charge in [0.2, 0.25) is 0 Å². The van der Waals surface area contributed by atoms with Gasteiger partial charge in [-0.15, -0.1) is 0 Å². The van der Waals surface area contributed by atoms with Gasteiger partial charge in [0, 0.05) is 16.5 Å². The average Bonchev–Trinajstić information content (AvgIpc) is 2.75. The molecule has 0 amide bonds. The molecule has 31 heavy (non-hydrogen) atoms. The first-order valence-electron chi connectivity index (χ1n) is 13.1.